The number of aromatic nitrogens is 2. The van der Waals surface area contributed by atoms with E-state index in [1.54, 1.807) is 12.4 Å². The van der Waals surface area contributed by atoms with Gasteiger partial charge in [0.25, 0.3) is 0 Å². The molecule has 0 fully saturated rings. The van der Waals surface area contributed by atoms with Crippen LogP contribution in [0.3, 0.4) is 0 Å². The van der Waals surface area contributed by atoms with Crippen molar-refractivity contribution in [1.82, 2.24) is 9.97 Å². The van der Waals surface area contributed by atoms with Crippen LogP contribution >= 0.6 is 0 Å². The molecule has 1 atom stereocenters. The zero-order chi connectivity index (χ0) is 12.0. The van der Waals surface area contributed by atoms with Crippen molar-refractivity contribution in [3.05, 3.63) is 12.4 Å². The first kappa shape index (κ1) is 12.7. The van der Waals surface area contributed by atoms with Crippen LogP contribution in [0.15, 0.2) is 12.4 Å². The second kappa shape index (κ2) is 6.27. The van der Waals surface area contributed by atoms with Crippen LogP contribution in [0.5, 0.6) is 0 Å². The molecule has 0 saturated heterocycles. The van der Waals surface area contributed by atoms with Crippen LogP contribution in [0.25, 0.3) is 0 Å². The largest absolute Gasteiger partial charge is 0.394 e. The summed E-state index contributed by atoms with van der Waals surface area (Å²) in [6.45, 7) is 7.01. The first-order chi connectivity index (χ1) is 7.67. The Kier molecular flexibility index (Phi) is 4.98. The second-order valence-electron chi connectivity index (χ2n) is 4.00. The Labute approximate surface area is 96.3 Å². The molecule has 16 heavy (non-hydrogen) atoms. The fourth-order valence-electron chi connectivity index (χ4n) is 1.31. The first-order valence-corrected chi connectivity index (χ1v) is 5.60. The first-order valence-electron chi connectivity index (χ1n) is 5.60. The predicted octanol–water partition coefficient (Wildman–Crippen LogP) is 1.34. The van der Waals surface area contributed by atoms with Crippen molar-refractivity contribution in [2.24, 2.45) is 5.92 Å². The van der Waals surface area contributed by atoms with Crippen molar-refractivity contribution >= 4 is 11.6 Å². The molecule has 3 N–H and O–H groups in total. The molecule has 1 heterocycles. The number of aliphatic hydroxyl groups excluding tert-OH is 1. The van der Waals surface area contributed by atoms with E-state index in [0.29, 0.717) is 11.7 Å². The normalized spacial score (nSPS) is 12.6. The Bertz CT molecular complexity index is 317. The predicted molar refractivity (Wildman–Crippen MR) is 65.5 cm³/mol. The van der Waals surface area contributed by atoms with Crippen LogP contribution in [0.2, 0.25) is 0 Å². The Hall–Kier alpha value is -1.36. The minimum Gasteiger partial charge on any atom is -0.394 e. The van der Waals surface area contributed by atoms with E-state index in [1.165, 1.54) is 0 Å². The average molecular weight is 224 g/mol. The Morgan fingerprint density at radius 3 is 2.56 bits per heavy atom. The molecular weight excluding hydrogens is 204 g/mol. The number of hydrogen-bond donors (Lipinski definition) is 3. The zero-order valence-electron chi connectivity index (χ0n) is 10.1. The standard InChI is InChI=1S/C11H20N4O/c1-4-13-10-5-12-6-11(15-10)14-9(7-16)8(2)3/h5-6,8-9,16H,4,7H2,1-3H3,(H2,13,14,15)/t9-/m1/s1. The van der Waals surface area contributed by atoms with Crippen molar-refractivity contribution in [3.8, 4) is 0 Å². The van der Waals surface area contributed by atoms with Crippen LogP contribution in [-0.4, -0.2) is 34.3 Å². The van der Waals surface area contributed by atoms with Gasteiger partial charge in [-0.1, -0.05) is 13.8 Å². The summed E-state index contributed by atoms with van der Waals surface area (Å²) in [6.07, 6.45) is 3.34. The number of nitrogens with zero attached hydrogens (tertiary/aromatic N) is 2. The molecular formula is C11H20N4O. The maximum Gasteiger partial charge on any atom is 0.147 e. The summed E-state index contributed by atoms with van der Waals surface area (Å²) in [4.78, 5) is 8.42. The van der Waals surface area contributed by atoms with Gasteiger partial charge in [-0.2, -0.15) is 0 Å². The summed E-state index contributed by atoms with van der Waals surface area (Å²) in [6, 6.07) is 0.00572. The highest BCUT2D eigenvalue weighted by atomic mass is 16.3. The topological polar surface area (TPSA) is 70.1 Å². The molecule has 5 heteroatoms. The second-order valence-corrected chi connectivity index (χ2v) is 4.00. The van der Waals surface area contributed by atoms with Gasteiger partial charge < -0.3 is 15.7 Å². The minimum absolute atomic E-state index is 0.00572. The average Bonchev–Trinajstić information content (AvgIpc) is 2.26. The Morgan fingerprint density at radius 1 is 1.31 bits per heavy atom. The molecule has 0 amide bonds. The van der Waals surface area contributed by atoms with Gasteiger partial charge in [-0.25, -0.2) is 4.98 Å². The van der Waals surface area contributed by atoms with E-state index in [1.807, 2.05) is 6.92 Å². The summed E-state index contributed by atoms with van der Waals surface area (Å²) in [5.74, 6) is 1.77. The van der Waals surface area contributed by atoms with Gasteiger partial charge >= 0.3 is 0 Å². The summed E-state index contributed by atoms with van der Waals surface area (Å²) >= 11 is 0. The van der Waals surface area contributed by atoms with Crippen LogP contribution in [0, 0.1) is 5.92 Å². The van der Waals surface area contributed by atoms with Crippen molar-refractivity contribution in [1.29, 1.82) is 0 Å². The third kappa shape index (κ3) is 3.66. The molecule has 0 saturated carbocycles. The molecule has 0 radical (unpaired) electrons. The van der Waals surface area contributed by atoms with E-state index in [4.69, 9.17) is 0 Å². The molecule has 0 aliphatic heterocycles. The van der Waals surface area contributed by atoms with Crippen LogP contribution < -0.4 is 10.6 Å². The van der Waals surface area contributed by atoms with Crippen LogP contribution in [0.4, 0.5) is 11.6 Å². The molecule has 1 rings (SSSR count). The highest BCUT2D eigenvalue weighted by molar-refractivity contribution is 5.42. The lowest BCUT2D eigenvalue weighted by atomic mass is 10.1. The molecule has 0 aliphatic carbocycles. The molecule has 90 valence electrons. The van der Waals surface area contributed by atoms with Crippen LogP contribution in [-0.2, 0) is 0 Å². The molecule has 5 nitrogen and oxygen atoms in total. The van der Waals surface area contributed by atoms with Crippen molar-refractivity contribution in [2.45, 2.75) is 26.8 Å². The summed E-state index contributed by atoms with van der Waals surface area (Å²) < 4.78 is 0. The monoisotopic (exact) mass is 224 g/mol. The van der Waals surface area contributed by atoms with Gasteiger partial charge in [0.2, 0.25) is 0 Å². The lowest BCUT2D eigenvalue weighted by molar-refractivity contribution is 0.249. The Balaban J connectivity index is 2.68. The van der Waals surface area contributed by atoms with Crippen molar-refractivity contribution in [3.63, 3.8) is 0 Å². The van der Waals surface area contributed by atoms with E-state index in [9.17, 15) is 5.11 Å². The lowest BCUT2D eigenvalue weighted by Crippen LogP contribution is -2.30. The van der Waals surface area contributed by atoms with Gasteiger partial charge in [0.05, 0.1) is 25.0 Å². The fourth-order valence-corrected chi connectivity index (χ4v) is 1.31. The molecule has 1 aromatic heterocycles. The van der Waals surface area contributed by atoms with Gasteiger partial charge in [-0.05, 0) is 12.8 Å². The third-order valence-electron chi connectivity index (χ3n) is 2.33. The maximum absolute atomic E-state index is 9.20. The zero-order valence-corrected chi connectivity index (χ0v) is 10.1. The molecule has 1 aromatic rings. The number of anilines is 2. The van der Waals surface area contributed by atoms with Crippen molar-refractivity contribution in [2.75, 3.05) is 23.8 Å². The van der Waals surface area contributed by atoms with E-state index < -0.39 is 0 Å². The van der Waals surface area contributed by atoms with Gasteiger partial charge in [0.1, 0.15) is 11.6 Å². The molecule has 0 aliphatic rings. The van der Waals surface area contributed by atoms with Gasteiger partial charge in [-0.3, -0.25) is 4.98 Å². The number of aliphatic hydroxyl groups is 1. The minimum atomic E-state index is 0.00572. The molecule has 0 spiro atoms. The Morgan fingerprint density at radius 2 is 2.00 bits per heavy atom. The number of nitrogens with one attached hydrogen (secondary N) is 2. The van der Waals surface area contributed by atoms with Gasteiger partial charge in [0, 0.05) is 6.54 Å². The van der Waals surface area contributed by atoms with Crippen molar-refractivity contribution < 1.29 is 5.11 Å². The smallest absolute Gasteiger partial charge is 0.147 e. The fraction of sp³-hybridized carbons (Fsp3) is 0.636. The van der Waals surface area contributed by atoms with Gasteiger partial charge in [0.15, 0.2) is 0 Å². The maximum atomic E-state index is 9.20. The van der Waals surface area contributed by atoms with Crippen LogP contribution in [0.1, 0.15) is 20.8 Å². The van der Waals surface area contributed by atoms with E-state index >= 15 is 0 Å². The number of rotatable bonds is 6. The summed E-state index contributed by atoms with van der Waals surface area (Å²) in [5, 5.41) is 15.5. The van der Waals surface area contributed by atoms with Gasteiger partial charge in [-0.15, -0.1) is 0 Å². The lowest BCUT2D eigenvalue weighted by Gasteiger charge is -2.20. The van der Waals surface area contributed by atoms with E-state index in [2.05, 4.69) is 34.4 Å². The highest BCUT2D eigenvalue weighted by Gasteiger charge is 2.12. The third-order valence-corrected chi connectivity index (χ3v) is 2.33. The SMILES string of the molecule is CCNc1cncc(N[C@H](CO)C(C)C)n1. The highest BCUT2D eigenvalue weighted by Crippen LogP contribution is 2.11. The number of hydrogen-bond acceptors (Lipinski definition) is 5. The summed E-state index contributed by atoms with van der Waals surface area (Å²) in [5.41, 5.74) is 0. The van der Waals surface area contributed by atoms with E-state index in [-0.39, 0.29) is 12.6 Å². The van der Waals surface area contributed by atoms with E-state index in [0.717, 1.165) is 12.4 Å². The molecule has 0 unspecified atom stereocenters. The molecule has 0 aromatic carbocycles. The summed E-state index contributed by atoms with van der Waals surface area (Å²) in [7, 11) is 0. The molecule has 0 bridgehead atoms. The quantitative estimate of drug-likeness (QED) is 0.680.